The molecule has 5 nitrogen and oxygen atoms in total. The average molecular weight is 188 g/mol. The SMILES string of the molecule is CC1(C)O[C@@H]2[C@H](O)COC(=O)[C@@H]2O1. The summed E-state index contributed by atoms with van der Waals surface area (Å²) >= 11 is 0. The van der Waals surface area contributed by atoms with Crippen molar-refractivity contribution in [1.82, 2.24) is 0 Å². The zero-order valence-electron chi connectivity index (χ0n) is 7.52. The van der Waals surface area contributed by atoms with E-state index in [-0.39, 0.29) is 6.61 Å². The van der Waals surface area contributed by atoms with Gasteiger partial charge in [0.1, 0.15) is 18.8 Å². The number of hydrogen-bond donors (Lipinski definition) is 1. The number of hydrogen-bond acceptors (Lipinski definition) is 5. The zero-order chi connectivity index (χ0) is 9.64. The first-order valence-corrected chi connectivity index (χ1v) is 4.20. The molecule has 2 rings (SSSR count). The second-order valence-electron chi connectivity index (χ2n) is 3.72. The van der Waals surface area contributed by atoms with E-state index in [1.54, 1.807) is 13.8 Å². The summed E-state index contributed by atoms with van der Waals surface area (Å²) in [6, 6.07) is 0. The fourth-order valence-corrected chi connectivity index (χ4v) is 1.60. The predicted molar refractivity (Wildman–Crippen MR) is 40.8 cm³/mol. The van der Waals surface area contributed by atoms with Gasteiger partial charge in [-0.1, -0.05) is 0 Å². The largest absolute Gasteiger partial charge is 0.461 e. The van der Waals surface area contributed by atoms with Crippen molar-refractivity contribution >= 4 is 5.97 Å². The first-order valence-electron chi connectivity index (χ1n) is 4.20. The molecule has 0 saturated carbocycles. The number of carbonyl (C=O) groups is 1. The molecular weight excluding hydrogens is 176 g/mol. The summed E-state index contributed by atoms with van der Waals surface area (Å²) in [7, 11) is 0. The van der Waals surface area contributed by atoms with E-state index in [1.807, 2.05) is 0 Å². The molecular formula is C8H12O5. The molecule has 2 saturated heterocycles. The van der Waals surface area contributed by atoms with Gasteiger partial charge in [0.2, 0.25) is 0 Å². The van der Waals surface area contributed by atoms with Gasteiger partial charge in [0.05, 0.1) is 0 Å². The molecule has 0 radical (unpaired) electrons. The van der Waals surface area contributed by atoms with Crippen molar-refractivity contribution in [2.45, 2.75) is 37.9 Å². The Morgan fingerprint density at radius 1 is 1.46 bits per heavy atom. The van der Waals surface area contributed by atoms with E-state index in [0.29, 0.717) is 0 Å². The van der Waals surface area contributed by atoms with Gasteiger partial charge in [0.15, 0.2) is 11.9 Å². The molecule has 1 N–H and O–H groups in total. The highest BCUT2D eigenvalue weighted by Crippen LogP contribution is 2.32. The topological polar surface area (TPSA) is 65.0 Å². The Bertz CT molecular complexity index is 237. The van der Waals surface area contributed by atoms with Crippen LogP contribution in [0.25, 0.3) is 0 Å². The van der Waals surface area contributed by atoms with Crippen LogP contribution in [0.4, 0.5) is 0 Å². The first-order chi connectivity index (χ1) is 5.99. The number of fused-ring (bicyclic) bond motifs is 1. The normalized spacial score (nSPS) is 42.7. The highest BCUT2D eigenvalue weighted by molar-refractivity contribution is 5.76. The Morgan fingerprint density at radius 3 is 2.77 bits per heavy atom. The fourth-order valence-electron chi connectivity index (χ4n) is 1.60. The van der Waals surface area contributed by atoms with Crippen molar-refractivity contribution in [3.8, 4) is 0 Å². The van der Waals surface area contributed by atoms with Crippen LogP contribution in [-0.2, 0) is 19.0 Å². The number of ether oxygens (including phenoxy) is 3. The molecule has 0 spiro atoms. The Morgan fingerprint density at radius 2 is 2.15 bits per heavy atom. The predicted octanol–water partition coefficient (Wildman–Crippen LogP) is -0.576. The third kappa shape index (κ3) is 1.43. The molecule has 0 aliphatic carbocycles. The molecule has 5 heteroatoms. The summed E-state index contributed by atoms with van der Waals surface area (Å²) in [5.74, 6) is -1.28. The number of esters is 1. The van der Waals surface area contributed by atoms with E-state index < -0.39 is 30.1 Å². The fraction of sp³-hybridized carbons (Fsp3) is 0.875. The minimum atomic E-state index is -0.820. The van der Waals surface area contributed by atoms with Gasteiger partial charge in [0.25, 0.3) is 0 Å². The van der Waals surface area contributed by atoms with Crippen molar-refractivity contribution in [2.75, 3.05) is 6.61 Å². The standard InChI is InChI=1S/C8H12O5/c1-8(2)12-5-4(9)3-11-7(10)6(5)13-8/h4-6,9H,3H2,1-2H3/t4-,5-,6-/m1/s1. The molecule has 0 bridgehead atoms. The van der Waals surface area contributed by atoms with Crippen LogP contribution in [0.2, 0.25) is 0 Å². The molecule has 0 aromatic carbocycles. The second kappa shape index (κ2) is 2.67. The molecule has 2 heterocycles. The van der Waals surface area contributed by atoms with Gasteiger partial charge >= 0.3 is 5.97 Å². The van der Waals surface area contributed by atoms with E-state index in [2.05, 4.69) is 0 Å². The zero-order valence-corrected chi connectivity index (χ0v) is 7.52. The number of cyclic esters (lactones) is 1. The van der Waals surface area contributed by atoms with E-state index >= 15 is 0 Å². The van der Waals surface area contributed by atoms with Crippen molar-refractivity contribution in [2.24, 2.45) is 0 Å². The van der Waals surface area contributed by atoms with E-state index in [4.69, 9.17) is 14.2 Å². The summed E-state index contributed by atoms with van der Waals surface area (Å²) in [6.07, 6.45) is -2.15. The average Bonchev–Trinajstić information content (AvgIpc) is 2.35. The van der Waals surface area contributed by atoms with Crippen LogP contribution in [-0.4, -0.2) is 41.8 Å². The van der Waals surface area contributed by atoms with Crippen molar-refractivity contribution in [1.29, 1.82) is 0 Å². The molecule has 3 atom stereocenters. The van der Waals surface area contributed by atoms with Crippen LogP contribution in [0.15, 0.2) is 0 Å². The van der Waals surface area contributed by atoms with Crippen LogP contribution in [0.1, 0.15) is 13.8 Å². The highest BCUT2D eigenvalue weighted by Gasteiger charge is 2.52. The maximum atomic E-state index is 11.2. The third-order valence-corrected chi connectivity index (χ3v) is 2.14. The summed E-state index contributed by atoms with van der Waals surface area (Å²) < 4.78 is 15.3. The van der Waals surface area contributed by atoms with Gasteiger partial charge in [-0.3, -0.25) is 0 Å². The minimum absolute atomic E-state index is 0.0144. The van der Waals surface area contributed by atoms with Gasteiger partial charge < -0.3 is 19.3 Å². The van der Waals surface area contributed by atoms with Gasteiger partial charge in [-0.25, -0.2) is 4.79 Å². The van der Waals surface area contributed by atoms with Crippen molar-refractivity contribution in [3.05, 3.63) is 0 Å². The minimum Gasteiger partial charge on any atom is -0.461 e. The van der Waals surface area contributed by atoms with Gasteiger partial charge in [-0.2, -0.15) is 0 Å². The lowest BCUT2D eigenvalue weighted by Crippen LogP contribution is -2.48. The summed E-state index contributed by atoms with van der Waals surface area (Å²) in [5, 5.41) is 9.45. The third-order valence-electron chi connectivity index (χ3n) is 2.14. The number of aliphatic hydroxyl groups excluding tert-OH is 1. The Hall–Kier alpha value is -0.650. The maximum absolute atomic E-state index is 11.2. The molecule has 2 aliphatic heterocycles. The monoisotopic (exact) mass is 188 g/mol. The first kappa shape index (κ1) is 8.93. The quantitative estimate of drug-likeness (QED) is 0.515. The molecule has 2 fully saturated rings. The van der Waals surface area contributed by atoms with E-state index in [0.717, 1.165) is 0 Å². The summed E-state index contributed by atoms with van der Waals surface area (Å²) in [4.78, 5) is 11.2. The molecule has 0 amide bonds. The van der Waals surface area contributed by atoms with Gasteiger partial charge in [-0.05, 0) is 13.8 Å². The van der Waals surface area contributed by atoms with Crippen LogP contribution in [0, 0.1) is 0 Å². The number of rotatable bonds is 0. The molecule has 0 aromatic rings. The summed E-state index contributed by atoms with van der Waals surface area (Å²) in [5.41, 5.74) is 0. The van der Waals surface area contributed by atoms with Crippen LogP contribution < -0.4 is 0 Å². The van der Waals surface area contributed by atoms with Gasteiger partial charge in [0, 0.05) is 0 Å². The number of aliphatic hydroxyl groups is 1. The van der Waals surface area contributed by atoms with Crippen molar-refractivity contribution in [3.63, 3.8) is 0 Å². The van der Waals surface area contributed by atoms with Crippen LogP contribution in [0.3, 0.4) is 0 Å². The van der Waals surface area contributed by atoms with Gasteiger partial charge in [-0.15, -0.1) is 0 Å². The molecule has 2 aliphatic rings. The maximum Gasteiger partial charge on any atom is 0.338 e. The molecule has 74 valence electrons. The lowest BCUT2D eigenvalue weighted by Gasteiger charge is -2.26. The van der Waals surface area contributed by atoms with Crippen molar-refractivity contribution < 1.29 is 24.1 Å². The Balaban J connectivity index is 2.19. The summed E-state index contributed by atoms with van der Waals surface area (Å²) in [6.45, 7) is 3.38. The Kier molecular flexibility index (Phi) is 1.83. The van der Waals surface area contributed by atoms with E-state index in [1.165, 1.54) is 0 Å². The molecule has 0 aromatic heterocycles. The Labute approximate surface area is 75.6 Å². The van der Waals surface area contributed by atoms with Crippen LogP contribution in [0.5, 0.6) is 0 Å². The van der Waals surface area contributed by atoms with E-state index in [9.17, 15) is 9.90 Å². The van der Waals surface area contributed by atoms with Crippen LogP contribution >= 0.6 is 0 Å². The lowest BCUT2D eigenvalue weighted by molar-refractivity contribution is -0.172. The molecule has 0 unspecified atom stereocenters. The highest BCUT2D eigenvalue weighted by atomic mass is 16.8. The number of carbonyl (C=O) groups excluding carboxylic acids is 1. The smallest absolute Gasteiger partial charge is 0.338 e. The molecule has 13 heavy (non-hydrogen) atoms. The second-order valence-corrected chi connectivity index (χ2v) is 3.72. The lowest BCUT2D eigenvalue weighted by atomic mass is 10.1.